The number of ether oxygens (including phenoxy) is 2. The summed E-state index contributed by atoms with van der Waals surface area (Å²) in [6, 6.07) is 0. The van der Waals surface area contributed by atoms with Crippen molar-refractivity contribution in [2.45, 2.75) is 44.6 Å². The molecule has 1 aliphatic carbocycles. The summed E-state index contributed by atoms with van der Waals surface area (Å²) >= 11 is 0. The van der Waals surface area contributed by atoms with Crippen molar-refractivity contribution in [3.8, 4) is 0 Å². The van der Waals surface area contributed by atoms with E-state index in [9.17, 15) is 0 Å². The van der Waals surface area contributed by atoms with Gasteiger partial charge in [0, 0.05) is 39.0 Å². The van der Waals surface area contributed by atoms with Gasteiger partial charge in [-0.05, 0) is 25.8 Å². The van der Waals surface area contributed by atoms with Crippen molar-refractivity contribution in [2.24, 2.45) is 5.73 Å². The van der Waals surface area contributed by atoms with Gasteiger partial charge in [0.1, 0.15) is 0 Å². The maximum Gasteiger partial charge on any atom is 0.0593 e. The molecule has 0 bridgehead atoms. The largest absolute Gasteiger partial charge is 0.385 e. The third-order valence-electron chi connectivity index (χ3n) is 4.11. The van der Waals surface area contributed by atoms with Crippen molar-refractivity contribution in [2.75, 3.05) is 46.6 Å². The highest BCUT2D eigenvalue weighted by atomic mass is 16.5. The number of nitrogens with two attached hydrogens (primary N) is 1. The molecule has 4 heteroatoms. The van der Waals surface area contributed by atoms with Crippen molar-refractivity contribution < 1.29 is 9.47 Å². The third kappa shape index (κ3) is 4.50. The lowest BCUT2D eigenvalue weighted by Gasteiger charge is -2.40. The summed E-state index contributed by atoms with van der Waals surface area (Å²) < 4.78 is 10.7. The fourth-order valence-corrected chi connectivity index (χ4v) is 3.00. The summed E-state index contributed by atoms with van der Waals surface area (Å²) in [7, 11) is 1.73. The molecule has 0 heterocycles. The Balaban J connectivity index is 2.24. The molecule has 1 aliphatic rings. The fourth-order valence-electron chi connectivity index (χ4n) is 3.00. The first-order chi connectivity index (χ1) is 8.79. The van der Waals surface area contributed by atoms with E-state index in [-0.39, 0.29) is 5.54 Å². The number of hydrogen-bond acceptors (Lipinski definition) is 4. The zero-order chi connectivity index (χ0) is 13.3. The summed E-state index contributed by atoms with van der Waals surface area (Å²) in [4.78, 5) is 2.52. The fraction of sp³-hybridized carbons (Fsp3) is 1.00. The van der Waals surface area contributed by atoms with Gasteiger partial charge in [0.05, 0.1) is 6.61 Å². The molecular weight excluding hydrogens is 228 g/mol. The first-order valence-electron chi connectivity index (χ1n) is 7.31. The summed E-state index contributed by atoms with van der Waals surface area (Å²) in [5.41, 5.74) is 6.27. The summed E-state index contributed by atoms with van der Waals surface area (Å²) in [5.74, 6) is 0. The molecule has 0 atom stereocenters. The highest BCUT2D eigenvalue weighted by Crippen LogP contribution is 2.34. The lowest BCUT2D eigenvalue weighted by atomic mass is 9.95. The van der Waals surface area contributed by atoms with E-state index in [1.807, 2.05) is 0 Å². The van der Waals surface area contributed by atoms with Crippen LogP contribution in [0.1, 0.15) is 39.0 Å². The highest BCUT2D eigenvalue weighted by molar-refractivity contribution is 4.95. The minimum absolute atomic E-state index is 0.255. The van der Waals surface area contributed by atoms with Crippen molar-refractivity contribution in [1.29, 1.82) is 0 Å². The van der Waals surface area contributed by atoms with E-state index < -0.39 is 0 Å². The van der Waals surface area contributed by atoms with Gasteiger partial charge in [0.25, 0.3) is 0 Å². The molecule has 2 N–H and O–H groups in total. The van der Waals surface area contributed by atoms with Crippen LogP contribution in [0.5, 0.6) is 0 Å². The van der Waals surface area contributed by atoms with Crippen LogP contribution in [0.2, 0.25) is 0 Å². The monoisotopic (exact) mass is 258 g/mol. The van der Waals surface area contributed by atoms with Gasteiger partial charge in [-0.3, -0.25) is 4.90 Å². The van der Waals surface area contributed by atoms with Crippen molar-refractivity contribution in [3.05, 3.63) is 0 Å². The van der Waals surface area contributed by atoms with Crippen LogP contribution in [-0.2, 0) is 9.47 Å². The minimum atomic E-state index is 0.255. The van der Waals surface area contributed by atoms with Gasteiger partial charge in [0.15, 0.2) is 0 Å². The van der Waals surface area contributed by atoms with Crippen LogP contribution in [0.3, 0.4) is 0 Å². The van der Waals surface area contributed by atoms with Gasteiger partial charge in [-0.25, -0.2) is 0 Å². The molecule has 0 saturated heterocycles. The topological polar surface area (TPSA) is 47.7 Å². The molecule has 0 aromatic rings. The van der Waals surface area contributed by atoms with E-state index in [0.29, 0.717) is 0 Å². The van der Waals surface area contributed by atoms with Gasteiger partial charge in [-0.1, -0.05) is 19.8 Å². The Kier molecular flexibility index (Phi) is 7.82. The van der Waals surface area contributed by atoms with Crippen LogP contribution < -0.4 is 5.73 Å². The zero-order valence-corrected chi connectivity index (χ0v) is 12.1. The highest BCUT2D eigenvalue weighted by Gasteiger charge is 2.37. The molecule has 18 heavy (non-hydrogen) atoms. The standard InChI is InChI=1S/C14H30N2O2/c1-3-16(9-12-18-11-6-10-17-2)14(13-15)7-4-5-8-14/h3-13,15H2,1-2H3. The van der Waals surface area contributed by atoms with Crippen molar-refractivity contribution in [3.63, 3.8) is 0 Å². The van der Waals surface area contributed by atoms with Gasteiger partial charge in [0.2, 0.25) is 0 Å². The van der Waals surface area contributed by atoms with Crippen LogP contribution in [-0.4, -0.2) is 57.0 Å². The number of nitrogens with zero attached hydrogens (tertiary/aromatic N) is 1. The van der Waals surface area contributed by atoms with Crippen LogP contribution in [0, 0.1) is 0 Å². The van der Waals surface area contributed by atoms with Crippen molar-refractivity contribution >= 4 is 0 Å². The van der Waals surface area contributed by atoms with E-state index in [0.717, 1.165) is 45.9 Å². The predicted molar refractivity (Wildman–Crippen MR) is 74.8 cm³/mol. The molecule has 4 nitrogen and oxygen atoms in total. The van der Waals surface area contributed by atoms with Gasteiger partial charge >= 0.3 is 0 Å². The Morgan fingerprint density at radius 2 is 1.89 bits per heavy atom. The molecule has 0 spiro atoms. The predicted octanol–water partition coefficient (Wildman–Crippen LogP) is 1.63. The van der Waals surface area contributed by atoms with Crippen LogP contribution in [0.15, 0.2) is 0 Å². The molecule has 1 saturated carbocycles. The molecule has 108 valence electrons. The second-order valence-corrected chi connectivity index (χ2v) is 5.17. The second kappa shape index (κ2) is 8.86. The molecule has 0 aliphatic heterocycles. The number of rotatable bonds is 10. The SMILES string of the molecule is CCN(CCOCCCOC)C1(CN)CCCC1. The van der Waals surface area contributed by atoms with Crippen LogP contribution in [0.4, 0.5) is 0 Å². The molecule has 0 unspecified atom stereocenters. The number of hydrogen-bond donors (Lipinski definition) is 1. The summed E-state index contributed by atoms with van der Waals surface area (Å²) in [6.07, 6.45) is 6.12. The average molecular weight is 258 g/mol. The third-order valence-corrected chi connectivity index (χ3v) is 4.11. The van der Waals surface area contributed by atoms with Gasteiger partial charge in [-0.15, -0.1) is 0 Å². The average Bonchev–Trinajstić information content (AvgIpc) is 2.88. The summed E-state index contributed by atoms with van der Waals surface area (Å²) in [5, 5.41) is 0. The van der Waals surface area contributed by atoms with Crippen LogP contribution in [0.25, 0.3) is 0 Å². The van der Waals surface area contributed by atoms with Crippen molar-refractivity contribution in [1.82, 2.24) is 4.90 Å². The zero-order valence-electron chi connectivity index (χ0n) is 12.1. The molecule has 1 rings (SSSR count). The first kappa shape index (κ1) is 15.9. The van der Waals surface area contributed by atoms with E-state index in [2.05, 4.69) is 11.8 Å². The normalized spacial score (nSPS) is 18.7. The van der Waals surface area contributed by atoms with E-state index in [4.69, 9.17) is 15.2 Å². The first-order valence-corrected chi connectivity index (χ1v) is 7.31. The molecule has 0 radical (unpaired) electrons. The maximum atomic E-state index is 6.02. The molecule has 0 amide bonds. The van der Waals surface area contributed by atoms with Gasteiger partial charge < -0.3 is 15.2 Å². The van der Waals surface area contributed by atoms with Crippen LogP contribution >= 0.6 is 0 Å². The Hall–Kier alpha value is -0.160. The van der Waals surface area contributed by atoms with E-state index >= 15 is 0 Å². The Bertz CT molecular complexity index is 206. The number of methoxy groups -OCH3 is 1. The Labute approximate surface area is 112 Å². The second-order valence-electron chi connectivity index (χ2n) is 5.17. The maximum absolute atomic E-state index is 6.02. The van der Waals surface area contributed by atoms with E-state index in [1.165, 1.54) is 25.7 Å². The van der Waals surface area contributed by atoms with E-state index in [1.54, 1.807) is 7.11 Å². The summed E-state index contributed by atoms with van der Waals surface area (Å²) in [6.45, 7) is 7.45. The Morgan fingerprint density at radius 3 is 2.44 bits per heavy atom. The lowest BCUT2D eigenvalue weighted by molar-refractivity contribution is 0.0442. The van der Waals surface area contributed by atoms with Gasteiger partial charge in [-0.2, -0.15) is 0 Å². The molecular formula is C14H30N2O2. The number of likely N-dealkylation sites (N-methyl/N-ethyl adjacent to an activating group) is 1. The molecule has 1 fully saturated rings. The Morgan fingerprint density at radius 1 is 1.17 bits per heavy atom. The quantitative estimate of drug-likeness (QED) is 0.605. The smallest absolute Gasteiger partial charge is 0.0593 e. The molecule has 0 aromatic heterocycles. The lowest BCUT2D eigenvalue weighted by Crippen LogP contribution is -2.53. The molecule has 0 aromatic carbocycles. The minimum Gasteiger partial charge on any atom is -0.385 e.